The van der Waals surface area contributed by atoms with E-state index < -0.39 is 0 Å². The summed E-state index contributed by atoms with van der Waals surface area (Å²) in [5.41, 5.74) is 5.99. The smallest absolute Gasteiger partial charge is 0.00973 e. The SMILES string of the molecule is C=CC(C)=C=CC=C(C(C)C)C(C(C)C)C(C)CCCC(C)CC(C)C. The molecule has 0 fully saturated rings. The molecule has 0 saturated heterocycles. The molecule has 0 N–H and O–H groups in total. The van der Waals surface area contributed by atoms with Crippen LogP contribution in [0.25, 0.3) is 0 Å². The average Bonchev–Trinajstić information content (AvgIpc) is 2.52. The van der Waals surface area contributed by atoms with Gasteiger partial charge >= 0.3 is 0 Å². The van der Waals surface area contributed by atoms with Crippen LogP contribution in [0.5, 0.6) is 0 Å². The monoisotopic (exact) mass is 358 g/mol. The molecule has 26 heavy (non-hydrogen) atoms. The molecule has 0 aliphatic heterocycles. The first-order valence-electron chi connectivity index (χ1n) is 10.9. The number of hydrogen-bond donors (Lipinski definition) is 0. The van der Waals surface area contributed by atoms with Crippen LogP contribution in [0.2, 0.25) is 0 Å². The van der Waals surface area contributed by atoms with Crippen LogP contribution in [-0.4, -0.2) is 0 Å². The number of allylic oxidation sites excluding steroid dienone is 4. The molecule has 0 aromatic heterocycles. The fraction of sp³-hybridized carbons (Fsp3) is 0.731. The zero-order valence-electron chi connectivity index (χ0n) is 19.2. The van der Waals surface area contributed by atoms with Crippen LogP contribution in [0.3, 0.4) is 0 Å². The maximum Gasteiger partial charge on any atom is -0.00973 e. The fourth-order valence-corrected chi connectivity index (χ4v) is 4.28. The van der Waals surface area contributed by atoms with Gasteiger partial charge in [0.1, 0.15) is 0 Å². The zero-order valence-corrected chi connectivity index (χ0v) is 19.2. The molecule has 3 atom stereocenters. The summed E-state index contributed by atoms with van der Waals surface area (Å²) < 4.78 is 0. The largest absolute Gasteiger partial charge is 0.118 e. The van der Waals surface area contributed by atoms with Crippen molar-refractivity contribution in [3.63, 3.8) is 0 Å². The summed E-state index contributed by atoms with van der Waals surface area (Å²) in [4.78, 5) is 0. The molecule has 0 nitrogen and oxygen atoms in total. The van der Waals surface area contributed by atoms with E-state index in [1.54, 1.807) is 5.57 Å². The Hall–Kier alpha value is -1.00. The molecular formula is C26H46. The molecule has 0 heteroatoms. The van der Waals surface area contributed by atoms with Crippen molar-refractivity contribution in [2.24, 2.45) is 35.5 Å². The highest BCUT2D eigenvalue weighted by Crippen LogP contribution is 2.36. The zero-order chi connectivity index (χ0) is 20.3. The van der Waals surface area contributed by atoms with Gasteiger partial charge in [0.25, 0.3) is 0 Å². The summed E-state index contributed by atoms with van der Waals surface area (Å²) in [6.45, 7) is 24.8. The van der Waals surface area contributed by atoms with Gasteiger partial charge in [0.05, 0.1) is 0 Å². The Labute approximate surface area is 165 Å². The minimum absolute atomic E-state index is 0.576. The molecule has 0 aromatic carbocycles. The third-order valence-corrected chi connectivity index (χ3v) is 5.51. The van der Waals surface area contributed by atoms with E-state index in [1.807, 2.05) is 13.0 Å². The van der Waals surface area contributed by atoms with Crippen molar-refractivity contribution in [2.75, 3.05) is 0 Å². The van der Waals surface area contributed by atoms with E-state index in [-0.39, 0.29) is 0 Å². The van der Waals surface area contributed by atoms with E-state index in [0.717, 1.165) is 23.3 Å². The van der Waals surface area contributed by atoms with Crippen molar-refractivity contribution in [1.82, 2.24) is 0 Å². The van der Waals surface area contributed by atoms with E-state index in [9.17, 15) is 0 Å². The van der Waals surface area contributed by atoms with Crippen LogP contribution in [0.15, 0.2) is 41.7 Å². The van der Waals surface area contributed by atoms with Gasteiger partial charge in [-0.05, 0) is 60.5 Å². The molecule has 0 rings (SSSR count). The van der Waals surface area contributed by atoms with Crippen molar-refractivity contribution in [2.45, 2.75) is 88.0 Å². The van der Waals surface area contributed by atoms with Crippen molar-refractivity contribution in [3.8, 4) is 0 Å². The van der Waals surface area contributed by atoms with Gasteiger partial charge in [-0.25, -0.2) is 0 Å². The molecule has 0 saturated carbocycles. The topological polar surface area (TPSA) is 0 Å². The Morgan fingerprint density at radius 3 is 2.04 bits per heavy atom. The van der Waals surface area contributed by atoms with Crippen LogP contribution in [0.4, 0.5) is 0 Å². The van der Waals surface area contributed by atoms with Crippen molar-refractivity contribution >= 4 is 0 Å². The first-order chi connectivity index (χ1) is 12.1. The predicted octanol–water partition coefficient (Wildman–Crippen LogP) is 8.62. The van der Waals surface area contributed by atoms with Gasteiger partial charge in [-0.15, -0.1) is 5.73 Å². The number of hydrogen-bond acceptors (Lipinski definition) is 0. The van der Waals surface area contributed by atoms with Crippen LogP contribution in [-0.2, 0) is 0 Å². The predicted molar refractivity (Wildman–Crippen MR) is 120 cm³/mol. The lowest BCUT2D eigenvalue weighted by Gasteiger charge is -2.32. The second kappa shape index (κ2) is 13.2. The van der Waals surface area contributed by atoms with Crippen LogP contribution < -0.4 is 0 Å². The second-order valence-corrected chi connectivity index (χ2v) is 9.43. The Morgan fingerprint density at radius 1 is 0.962 bits per heavy atom. The summed E-state index contributed by atoms with van der Waals surface area (Å²) in [6, 6.07) is 0. The molecule has 150 valence electrons. The molecule has 0 aromatic rings. The molecular weight excluding hydrogens is 312 g/mol. The maximum absolute atomic E-state index is 3.81. The molecule has 3 unspecified atom stereocenters. The Morgan fingerprint density at radius 2 is 1.58 bits per heavy atom. The summed E-state index contributed by atoms with van der Waals surface area (Å²) in [6.07, 6.45) is 11.7. The number of rotatable bonds is 12. The lowest BCUT2D eigenvalue weighted by Crippen LogP contribution is -2.23. The molecule has 0 radical (unpaired) electrons. The third-order valence-electron chi connectivity index (χ3n) is 5.51. The van der Waals surface area contributed by atoms with E-state index in [0.29, 0.717) is 17.8 Å². The third kappa shape index (κ3) is 10.2. The van der Waals surface area contributed by atoms with Gasteiger partial charge in [-0.2, -0.15) is 0 Å². The lowest BCUT2D eigenvalue weighted by atomic mass is 9.73. The Balaban J connectivity index is 5.12. The molecule has 0 spiro atoms. The van der Waals surface area contributed by atoms with E-state index in [2.05, 4.69) is 79.9 Å². The molecule has 0 aliphatic carbocycles. The Bertz CT molecular complexity index is 480. The summed E-state index contributed by atoms with van der Waals surface area (Å²) >= 11 is 0. The van der Waals surface area contributed by atoms with Crippen LogP contribution in [0.1, 0.15) is 88.0 Å². The van der Waals surface area contributed by atoms with E-state index in [4.69, 9.17) is 0 Å². The van der Waals surface area contributed by atoms with Crippen LogP contribution in [0, 0.1) is 35.5 Å². The quantitative estimate of drug-likeness (QED) is 0.242. The van der Waals surface area contributed by atoms with Gasteiger partial charge in [0, 0.05) is 0 Å². The van der Waals surface area contributed by atoms with E-state index >= 15 is 0 Å². The van der Waals surface area contributed by atoms with Gasteiger partial charge in [-0.3, -0.25) is 0 Å². The first-order valence-corrected chi connectivity index (χ1v) is 10.9. The highest BCUT2D eigenvalue weighted by atomic mass is 14.3. The minimum atomic E-state index is 0.576. The molecule has 0 bridgehead atoms. The van der Waals surface area contributed by atoms with Gasteiger partial charge < -0.3 is 0 Å². The normalized spacial score (nSPS) is 15.8. The van der Waals surface area contributed by atoms with Gasteiger partial charge in [0.15, 0.2) is 0 Å². The van der Waals surface area contributed by atoms with Crippen LogP contribution >= 0.6 is 0 Å². The maximum atomic E-state index is 3.81. The highest BCUT2D eigenvalue weighted by Gasteiger charge is 2.26. The molecule has 0 amide bonds. The highest BCUT2D eigenvalue weighted by molar-refractivity contribution is 5.21. The second-order valence-electron chi connectivity index (χ2n) is 9.43. The van der Waals surface area contributed by atoms with Crippen molar-refractivity contribution < 1.29 is 0 Å². The standard InChI is InChI=1S/C26H46/c1-11-22(8)14-13-17-25(20(4)5)26(21(6)7)24(10)16-12-15-23(9)18-19(2)3/h11,13,17,19-21,23-24,26H,1,12,15-16,18H2,2-10H3. The van der Waals surface area contributed by atoms with Gasteiger partial charge in [0.2, 0.25) is 0 Å². The lowest BCUT2D eigenvalue weighted by molar-refractivity contribution is 0.270. The van der Waals surface area contributed by atoms with E-state index in [1.165, 1.54) is 25.7 Å². The summed E-state index contributed by atoms with van der Waals surface area (Å²) in [5.74, 6) is 4.30. The minimum Gasteiger partial charge on any atom is -0.118 e. The van der Waals surface area contributed by atoms with Crippen molar-refractivity contribution in [3.05, 3.63) is 41.7 Å². The van der Waals surface area contributed by atoms with Crippen molar-refractivity contribution in [1.29, 1.82) is 0 Å². The first kappa shape index (κ1) is 25.0. The summed E-state index contributed by atoms with van der Waals surface area (Å²) in [7, 11) is 0. The Kier molecular flexibility index (Phi) is 12.7. The fourth-order valence-electron chi connectivity index (χ4n) is 4.28. The molecule has 0 heterocycles. The molecule has 0 aliphatic rings. The average molecular weight is 359 g/mol. The summed E-state index contributed by atoms with van der Waals surface area (Å²) in [5, 5.41) is 0. The van der Waals surface area contributed by atoms with Gasteiger partial charge in [-0.1, -0.05) is 99.0 Å².